The van der Waals surface area contributed by atoms with Crippen molar-refractivity contribution in [1.82, 2.24) is 4.98 Å². The molecule has 1 rings (SSSR count). The van der Waals surface area contributed by atoms with Crippen molar-refractivity contribution in [2.45, 2.75) is 6.92 Å². The van der Waals surface area contributed by atoms with Gasteiger partial charge in [0, 0.05) is 6.92 Å². The van der Waals surface area contributed by atoms with Crippen molar-refractivity contribution in [3.8, 4) is 0 Å². The van der Waals surface area contributed by atoms with Gasteiger partial charge in [-0.1, -0.05) is 11.6 Å². The average Bonchev–Trinajstić information content (AvgIpc) is 2.15. The van der Waals surface area contributed by atoms with E-state index in [0.717, 1.165) is 0 Å². The van der Waals surface area contributed by atoms with E-state index in [1.807, 2.05) is 0 Å². The van der Waals surface area contributed by atoms with Crippen molar-refractivity contribution in [2.24, 2.45) is 0 Å². The highest BCUT2D eigenvalue weighted by molar-refractivity contribution is 6.30. The van der Waals surface area contributed by atoms with Crippen LogP contribution in [-0.2, 0) is 4.74 Å². The summed E-state index contributed by atoms with van der Waals surface area (Å²) in [7, 11) is 1.25. The SMILES string of the molecule is COC(=O)c1cc(Cl)nc(C(C)=O)c1. The molecule has 0 saturated carbocycles. The van der Waals surface area contributed by atoms with E-state index in [0.29, 0.717) is 0 Å². The Morgan fingerprint density at radius 3 is 2.57 bits per heavy atom. The van der Waals surface area contributed by atoms with Crippen LogP contribution in [0.4, 0.5) is 0 Å². The van der Waals surface area contributed by atoms with Gasteiger partial charge in [0.1, 0.15) is 10.8 Å². The summed E-state index contributed by atoms with van der Waals surface area (Å²) < 4.78 is 4.49. The van der Waals surface area contributed by atoms with Gasteiger partial charge in [-0.2, -0.15) is 0 Å². The lowest BCUT2D eigenvalue weighted by molar-refractivity contribution is 0.0600. The summed E-state index contributed by atoms with van der Waals surface area (Å²) in [6.07, 6.45) is 0. The minimum absolute atomic E-state index is 0.0955. The van der Waals surface area contributed by atoms with Crippen molar-refractivity contribution >= 4 is 23.4 Å². The molecule has 0 bridgehead atoms. The Balaban J connectivity index is 3.20. The summed E-state index contributed by atoms with van der Waals surface area (Å²) in [6, 6.07) is 2.69. The van der Waals surface area contributed by atoms with E-state index in [2.05, 4.69) is 9.72 Å². The number of hydrogen-bond acceptors (Lipinski definition) is 4. The number of Topliss-reactive ketones (excluding diaryl/α,β-unsaturated/α-hetero) is 1. The highest BCUT2D eigenvalue weighted by Crippen LogP contribution is 2.12. The van der Waals surface area contributed by atoms with E-state index in [9.17, 15) is 9.59 Å². The molecule has 0 atom stereocenters. The molecule has 1 aromatic heterocycles. The lowest BCUT2D eigenvalue weighted by atomic mass is 10.2. The third-order valence-corrected chi connectivity index (χ3v) is 1.77. The number of pyridine rings is 1. The number of nitrogens with zero attached hydrogens (tertiary/aromatic N) is 1. The normalized spacial score (nSPS) is 9.64. The van der Waals surface area contributed by atoms with Crippen LogP contribution < -0.4 is 0 Å². The number of rotatable bonds is 2. The van der Waals surface area contributed by atoms with Crippen LogP contribution in [0.15, 0.2) is 12.1 Å². The maximum Gasteiger partial charge on any atom is 0.338 e. The van der Waals surface area contributed by atoms with Crippen LogP contribution in [0.5, 0.6) is 0 Å². The molecule has 0 aliphatic heterocycles. The molecule has 0 unspecified atom stereocenters. The smallest absolute Gasteiger partial charge is 0.338 e. The first-order valence-corrected chi connectivity index (χ1v) is 4.19. The van der Waals surface area contributed by atoms with E-state index >= 15 is 0 Å². The quantitative estimate of drug-likeness (QED) is 0.427. The maximum absolute atomic E-state index is 11.1. The molecule has 0 spiro atoms. The molecular formula is C9H8ClNO3. The average molecular weight is 214 g/mol. The molecule has 0 aliphatic carbocycles. The second-order valence-corrected chi connectivity index (χ2v) is 3.00. The Kier molecular flexibility index (Phi) is 3.19. The van der Waals surface area contributed by atoms with Crippen LogP contribution in [0.25, 0.3) is 0 Å². The molecule has 0 radical (unpaired) electrons. The van der Waals surface area contributed by atoms with Crippen LogP contribution in [0, 0.1) is 0 Å². The lowest BCUT2D eigenvalue weighted by Crippen LogP contribution is -2.05. The summed E-state index contributed by atoms with van der Waals surface area (Å²) in [4.78, 5) is 25.9. The Labute approximate surface area is 85.9 Å². The maximum atomic E-state index is 11.1. The number of ether oxygens (including phenoxy) is 1. The fraction of sp³-hybridized carbons (Fsp3) is 0.222. The van der Waals surface area contributed by atoms with Crippen molar-refractivity contribution in [2.75, 3.05) is 7.11 Å². The number of methoxy groups -OCH3 is 1. The topological polar surface area (TPSA) is 56.3 Å². The van der Waals surface area contributed by atoms with Crippen LogP contribution in [0.3, 0.4) is 0 Å². The van der Waals surface area contributed by atoms with Gasteiger partial charge in [-0.15, -0.1) is 0 Å². The second-order valence-electron chi connectivity index (χ2n) is 2.61. The highest BCUT2D eigenvalue weighted by atomic mass is 35.5. The first-order chi connectivity index (χ1) is 6.54. The summed E-state index contributed by atoms with van der Waals surface area (Å²) in [5, 5.41) is 0.0955. The van der Waals surface area contributed by atoms with Gasteiger partial charge in [-0.25, -0.2) is 9.78 Å². The van der Waals surface area contributed by atoms with Gasteiger partial charge in [0.2, 0.25) is 0 Å². The van der Waals surface area contributed by atoms with Crippen molar-refractivity contribution in [3.05, 3.63) is 28.5 Å². The Hall–Kier alpha value is -1.42. The van der Waals surface area contributed by atoms with Gasteiger partial charge in [0.15, 0.2) is 5.78 Å². The zero-order valence-electron chi connectivity index (χ0n) is 7.70. The minimum Gasteiger partial charge on any atom is -0.465 e. The first-order valence-electron chi connectivity index (χ1n) is 3.81. The van der Waals surface area contributed by atoms with Gasteiger partial charge < -0.3 is 4.74 Å². The molecule has 4 nitrogen and oxygen atoms in total. The van der Waals surface area contributed by atoms with Crippen molar-refractivity contribution < 1.29 is 14.3 Å². The minimum atomic E-state index is -0.545. The molecule has 0 N–H and O–H groups in total. The predicted molar refractivity (Wildman–Crippen MR) is 50.6 cm³/mol. The van der Waals surface area contributed by atoms with Crippen LogP contribution in [-0.4, -0.2) is 23.8 Å². The fourth-order valence-corrected chi connectivity index (χ4v) is 1.12. The van der Waals surface area contributed by atoms with E-state index in [1.165, 1.54) is 26.2 Å². The molecule has 0 aliphatic rings. The van der Waals surface area contributed by atoms with Crippen LogP contribution in [0.1, 0.15) is 27.8 Å². The Morgan fingerprint density at radius 2 is 2.07 bits per heavy atom. The lowest BCUT2D eigenvalue weighted by Gasteiger charge is -2.01. The summed E-state index contributed by atoms with van der Waals surface area (Å²) in [5.41, 5.74) is 0.371. The predicted octanol–water partition coefficient (Wildman–Crippen LogP) is 1.72. The monoisotopic (exact) mass is 213 g/mol. The first kappa shape index (κ1) is 10.7. The Morgan fingerprint density at radius 1 is 1.43 bits per heavy atom. The molecule has 5 heteroatoms. The third kappa shape index (κ3) is 2.29. The van der Waals surface area contributed by atoms with Crippen molar-refractivity contribution in [1.29, 1.82) is 0 Å². The van der Waals surface area contributed by atoms with Gasteiger partial charge in [-0.3, -0.25) is 4.79 Å². The zero-order valence-corrected chi connectivity index (χ0v) is 8.46. The zero-order chi connectivity index (χ0) is 10.7. The Bertz CT molecular complexity index is 390. The van der Waals surface area contributed by atoms with Gasteiger partial charge >= 0.3 is 5.97 Å². The molecule has 0 aromatic carbocycles. The van der Waals surface area contributed by atoms with Gasteiger partial charge in [0.05, 0.1) is 12.7 Å². The summed E-state index contributed by atoms with van der Waals surface area (Å²) >= 11 is 5.62. The standard InChI is InChI=1S/C9H8ClNO3/c1-5(12)7-3-6(9(13)14-2)4-8(10)11-7/h3-4H,1-2H3. The molecule has 0 saturated heterocycles. The van der Waals surface area contributed by atoms with E-state index < -0.39 is 5.97 Å². The number of aromatic nitrogens is 1. The molecular weight excluding hydrogens is 206 g/mol. The van der Waals surface area contributed by atoms with E-state index in [1.54, 1.807) is 0 Å². The van der Waals surface area contributed by atoms with Crippen LogP contribution >= 0.6 is 11.6 Å². The molecule has 1 heterocycles. The molecule has 1 aromatic rings. The van der Waals surface area contributed by atoms with Gasteiger partial charge in [0.25, 0.3) is 0 Å². The van der Waals surface area contributed by atoms with Crippen LogP contribution in [0.2, 0.25) is 5.15 Å². The van der Waals surface area contributed by atoms with E-state index in [4.69, 9.17) is 11.6 Å². The number of carbonyl (C=O) groups is 2. The fourth-order valence-electron chi connectivity index (χ4n) is 0.913. The summed E-state index contributed by atoms with van der Waals surface area (Å²) in [5.74, 6) is -0.797. The highest BCUT2D eigenvalue weighted by Gasteiger charge is 2.11. The third-order valence-electron chi connectivity index (χ3n) is 1.58. The number of carbonyl (C=O) groups excluding carboxylic acids is 2. The second kappa shape index (κ2) is 4.19. The molecule has 0 fully saturated rings. The molecule has 0 amide bonds. The number of esters is 1. The largest absolute Gasteiger partial charge is 0.465 e. The molecule has 14 heavy (non-hydrogen) atoms. The number of halogens is 1. The van der Waals surface area contributed by atoms with Gasteiger partial charge in [-0.05, 0) is 12.1 Å². The summed E-state index contributed by atoms with van der Waals surface area (Å²) in [6.45, 7) is 1.35. The number of ketones is 1. The van der Waals surface area contributed by atoms with Crippen molar-refractivity contribution in [3.63, 3.8) is 0 Å². The van der Waals surface area contributed by atoms with E-state index in [-0.39, 0.29) is 22.2 Å². The molecule has 74 valence electrons. The number of hydrogen-bond donors (Lipinski definition) is 0.